The summed E-state index contributed by atoms with van der Waals surface area (Å²) in [5, 5.41) is 0. The normalized spacial score (nSPS) is 12.0. The lowest BCUT2D eigenvalue weighted by Crippen LogP contribution is -3.00. The lowest BCUT2D eigenvalue weighted by atomic mass is 10.1. The third-order valence-electron chi connectivity index (χ3n) is 3.22. The number of imidazole rings is 1. The highest BCUT2D eigenvalue weighted by Crippen LogP contribution is 2.32. The topological polar surface area (TPSA) is 32.8 Å². The van der Waals surface area contributed by atoms with Crippen molar-refractivity contribution in [1.82, 2.24) is 9.97 Å². The van der Waals surface area contributed by atoms with Gasteiger partial charge in [-0.15, -0.1) is 0 Å². The number of hydrogen-bond acceptors (Lipinski definition) is 1. The number of fused-ring (bicyclic) bond motifs is 5. The Morgan fingerprint density at radius 2 is 2.12 bits per heavy atom. The first kappa shape index (κ1) is 10.5. The second-order valence-electron chi connectivity index (χ2n) is 4.10. The van der Waals surface area contributed by atoms with E-state index in [2.05, 4.69) is 44.8 Å². The molecule has 1 aliphatic carbocycles. The van der Waals surface area contributed by atoms with E-state index in [4.69, 9.17) is 0 Å². The largest absolute Gasteiger partial charge is 1.00 e. The molecule has 0 saturated heterocycles. The van der Waals surface area contributed by atoms with E-state index in [1.165, 1.54) is 16.8 Å². The van der Waals surface area contributed by atoms with Crippen LogP contribution in [-0.2, 0) is 6.42 Å². The first-order valence-electron chi connectivity index (χ1n) is 5.38. The van der Waals surface area contributed by atoms with Crippen LogP contribution >= 0.6 is 0 Å². The van der Waals surface area contributed by atoms with E-state index in [-0.39, 0.29) is 17.0 Å². The van der Waals surface area contributed by atoms with Gasteiger partial charge in [-0.3, -0.25) is 0 Å². The molecule has 0 spiro atoms. The molecule has 0 atom stereocenters. The number of aromatic amines is 1. The van der Waals surface area contributed by atoms with E-state index in [1.807, 2.05) is 12.4 Å². The van der Waals surface area contributed by atoms with Gasteiger partial charge in [0.2, 0.25) is 0 Å². The summed E-state index contributed by atoms with van der Waals surface area (Å²) in [6.45, 7) is 0. The average Bonchev–Trinajstić information content (AvgIpc) is 2.92. The number of hydrogen-bond donors (Lipinski definition) is 1. The molecule has 0 bridgehead atoms. The van der Waals surface area contributed by atoms with E-state index >= 15 is 0 Å². The summed E-state index contributed by atoms with van der Waals surface area (Å²) >= 11 is 0. The Morgan fingerprint density at radius 3 is 3.06 bits per heavy atom. The van der Waals surface area contributed by atoms with Crippen molar-refractivity contribution in [3.8, 4) is 11.3 Å². The molecule has 1 aliphatic rings. The van der Waals surface area contributed by atoms with Gasteiger partial charge in [0.05, 0.1) is 0 Å². The first-order valence-corrected chi connectivity index (χ1v) is 5.38. The van der Waals surface area contributed by atoms with Crippen molar-refractivity contribution in [2.24, 2.45) is 0 Å². The Hall–Kier alpha value is -1.68. The Morgan fingerprint density at radius 1 is 1.24 bits per heavy atom. The summed E-state index contributed by atoms with van der Waals surface area (Å²) in [4.78, 5) is 7.73. The van der Waals surface area contributed by atoms with Gasteiger partial charge in [-0.1, -0.05) is 24.3 Å². The van der Waals surface area contributed by atoms with Gasteiger partial charge in [-0.25, -0.2) is 9.97 Å². The molecule has 0 fully saturated rings. The molecule has 3 aromatic rings. The summed E-state index contributed by atoms with van der Waals surface area (Å²) in [6.07, 6.45) is 6.86. The summed E-state index contributed by atoms with van der Waals surface area (Å²) in [5.41, 5.74) is 6.08. The van der Waals surface area contributed by atoms with E-state index in [9.17, 15) is 0 Å². The van der Waals surface area contributed by atoms with Gasteiger partial charge in [0.15, 0.2) is 0 Å². The predicted molar refractivity (Wildman–Crippen MR) is 60.0 cm³/mol. The average molecular weight is 288 g/mol. The standard InChI is InChI=1S/C13H9N3.BrH/c1-2-4-10-9(3-1)7-11-13(10)15-8-12-14-5-6-16(11)12;/h1-6,8H,7H2;1H. The van der Waals surface area contributed by atoms with Crippen LogP contribution in [0.2, 0.25) is 0 Å². The second kappa shape index (κ2) is 3.67. The molecule has 3 nitrogen and oxygen atoms in total. The fraction of sp³-hybridized carbons (Fsp3) is 0.0769. The molecule has 4 rings (SSSR count). The molecule has 84 valence electrons. The molecule has 17 heavy (non-hydrogen) atoms. The lowest BCUT2D eigenvalue weighted by molar-refractivity contribution is -0.518. The molecule has 4 heteroatoms. The van der Waals surface area contributed by atoms with Gasteiger partial charge in [0.25, 0.3) is 0 Å². The fourth-order valence-corrected chi connectivity index (χ4v) is 2.48. The Kier molecular flexibility index (Phi) is 2.26. The molecular formula is C13H10BrN3. The van der Waals surface area contributed by atoms with Crippen LogP contribution in [0.3, 0.4) is 0 Å². The van der Waals surface area contributed by atoms with Gasteiger partial charge in [0.1, 0.15) is 30.0 Å². The van der Waals surface area contributed by atoms with Crippen LogP contribution in [0.4, 0.5) is 0 Å². The SMILES string of the molecule is [Br-].c1ccc2c(c1)Cc1c-2ncc2[nH]cc[n+]12. The van der Waals surface area contributed by atoms with Crippen LogP contribution in [0.15, 0.2) is 42.9 Å². The predicted octanol–water partition coefficient (Wildman–Crippen LogP) is -1.28. The molecular weight excluding hydrogens is 278 g/mol. The number of rotatable bonds is 0. The highest BCUT2D eigenvalue weighted by molar-refractivity contribution is 5.71. The fourth-order valence-electron chi connectivity index (χ4n) is 2.48. The van der Waals surface area contributed by atoms with Gasteiger partial charge in [0, 0.05) is 12.0 Å². The maximum atomic E-state index is 4.55. The van der Waals surface area contributed by atoms with Crippen LogP contribution in [0.1, 0.15) is 11.3 Å². The molecule has 2 heterocycles. The highest BCUT2D eigenvalue weighted by Gasteiger charge is 2.25. The van der Waals surface area contributed by atoms with Crippen LogP contribution in [0.25, 0.3) is 16.9 Å². The Labute approximate surface area is 109 Å². The lowest BCUT2D eigenvalue weighted by Gasteiger charge is -1.96. The summed E-state index contributed by atoms with van der Waals surface area (Å²) in [7, 11) is 0. The quantitative estimate of drug-likeness (QED) is 0.402. The maximum absolute atomic E-state index is 4.55. The molecule has 0 unspecified atom stereocenters. The first-order chi connectivity index (χ1) is 7.93. The van der Waals surface area contributed by atoms with Crippen molar-refractivity contribution in [1.29, 1.82) is 0 Å². The van der Waals surface area contributed by atoms with Gasteiger partial charge in [-0.2, -0.15) is 4.40 Å². The van der Waals surface area contributed by atoms with E-state index in [0.29, 0.717) is 0 Å². The zero-order valence-corrected chi connectivity index (χ0v) is 10.6. The van der Waals surface area contributed by atoms with Crippen molar-refractivity contribution >= 4 is 5.65 Å². The van der Waals surface area contributed by atoms with Crippen molar-refractivity contribution in [2.45, 2.75) is 6.42 Å². The smallest absolute Gasteiger partial charge is 0.302 e. The van der Waals surface area contributed by atoms with Crippen molar-refractivity contribution in [2.75, 3.05) is 0 Å². The number of aromatic nitrogens is 3. The summed E-state index contributed by atoms with van der Waals surface area (Å²) < 4.78 is 2.18. The minimum absolute atomic E-state index is 0. The van der Waals surface area contributed by atoms with Crippen LogP contribution in [0, 0.1) is 0 Å². The number of H-pyrrole nitrogens is 1. The molecule has 0 aliphatic heterocycles. The molecule has 1 aromatic carbocycles. The van der Waals surface area contributed by atoms with E-state index < -0.39 is 0 Å². The monoisotopic (exact) mass is 287 g/mol. The molecule has 0 saturated carbocycles. The summed E-state index contributed by atoms with van der Waals surface area (Å²) in [5.74, 6) is 0. The van der Waals surface area contributed by atoms with Gasteiger partial charge >= 0.3 is 5.65 Å². The second-order valence-corrected chi connectivity index (χ2v) is 4.10. The third kappa shape index (κ3) is 1.34. The zero-order chi connectivity index (χ0) is 10.5. The molecule has 1 N–H and O–H groups in total. The van der Waals surface area contributed by atoms with E-state index in [1.54, 1.807) is 0 Å². The number of nitrogens with one attached hydrogen (secondary N) is 1. The number of benzene rings is 1. The van der Waals surface area contributed by atoms with Crippen LogP contribution < -0.4 is 21.4 Å². The minimum atomic E-state index is 0. The van der Waals surface area contributed by atoms with Gasteiger partial charge in [-0.05, 0) is 5.56 Å². The zero-order valence-electron chi connectivity index (χ0n) is 9.02. The minimum Gasteiger partial charge on any atom is -1.00 e. The van der Waals surface area contributed by atoms with E-state index in [0.717, 1.165) is 17.8 Å². The van der Waals surface area contributed by atoms with Crippen LogP contribution in [0.5, 0.6) is 0 Å². The Bertz CT molecular complexity index is 703. The molecule has 0 radical (unpaired) electrons. The molecule has 2 aromatic heterocycles. The summed E-state index contributed by atoms with van der Waals surface area (Å²) in [6, 6.07) is 8.48. The van der Waals surface area contributed by atoms with Gasteiger partial charge < -0.3 is 17.0 Å². The van der Waals surface area contributed by atoms with Crippen molar-refractivity contribution < 1.29 is 21.4 Å². The number of halogens is 1. The highest BCUT2D eigenvalue weighted by atomic mass is 79.9. The third-order valence-corrected chi connectivity index (χ3v) is 3.22. The Balaban J connectivity index is 0.000000902. The van der Waals surface area contributed by atoms with Crippen molar-refractivity contribution in [3.05, 3.63) is 54.1 Å². The van der Waals surface area contributed by atoms with Crippen molar-refractivity contribution in [3.63, 3.8) is 0 Å². The maximum Gasteiger partial charge on any atom is 0.302 e. The van der Waals surface area contributed by atoms with Crippen LogP contribution in [-0.4, -0.2) is 9.97 Å². The number of nitrogens with zero attached hydrogens (tertiary/aromatic N) is 2. The molecule has 0 amide bonds.